The van der Waals surface area contributed by atoms with E-state index in [1.165, 1.54) is 67.8 Å². The molecule has 26 heavy (non-hydrogen) atoms. The zero-order valence-corrected chi connectivity index (χ0v) is 16.6. The van der Waals surface area contributed by atoms with Crippen LogP contribution in [0.15, 0.2) is 35.7 Å². The highest BCUT2D eigenvalue weighted by Crippen LogP contribution is 2.40. The highest BCUT2D eigenvalue weighted by atomic mass is 16.6. The Labute approximate surface area is 158 Å². The summed E-state index contributed by atoms with van der Waals surface area (Å²) in [6, 6.07) is 9.51. The average molecular weight is 355 g/mol. The maximum Gasteiger partial charge on any atom is 0.154 e. The van der Waals surface area contributed by atoms with Gasteiger partial charge in [-0.25, -0.2) is 0 Å². The Morgan fingerprint density at radius 2 is 1.88 bits per heavy atom. The molecule has 0 aromatic heterocycles. The monoisotopic (exact) mass is 354 g/mol. The van der Waals surface area contributed by atoms with Gasteiger partial charge in [-0.05, 0) is 61.3 Å². The summed E-state index contributed by atoms with van der Waals surface area (Å²) in [4.78, 5) is 0. The second kappa shape index (κ2) is 7.26. The van der Waals surface area contributed by atoms with Crippen molar-refractivity contribution in [1.29, 1.82) is 0 Å². The lowest BCUT2D eigenvalue weighted by molar-refractivity contribution is 0.234. The van der Waals surface area contributed by atoms with E-state index in [1.807, 2.05) is 0 Å². The SMILES string of the molecule is CC(C)(C)c1cccc(N/C(=C2\CO2)C2CCCN[C@H]2C2CCCC2)c1. The van der Waals surface area contributed by atoms with Gasteiger partial charge in [0.15, 0.2) is 5.76 Å². The molecular formula is C23H34N2O. The minimum absolute atomic E-state index is 0.167. The number of hydrogen-bond donors (Lipinski definition) is 2. The molecule has 2 heterocycles. The molecule has 3 aliphatic rings. The molecule has 0 amide bonds. The number of piperidine rings is 1. The predicted molar refractivity (Wildman–Crippen MR) is 108 cm³/mol. The Balaban J connectivity index is 1.57. The van der Waals surface area contributed by atoms with Crippen molar-refractivity contribution in [2.75, 3.05) is 18.5 Å². The molecule has 3 heteroatoms. The van der Waals surface area contributed by atoms with Crippen LogP contribution in [0.5, 0.6) is 0 Å². The minimum atomic E-state index is 0.167. The summed E-state index contributed by atoms with van der Waals surface area (Å²) < 4.78 is 5.69. The fourth-order valence-electron chi connectivity index (χ4n) is 4.83. The summed E-state index contributed by atoms with van der Waals surface area (Å²) >= 11 is 0. The summed E-state index contributed by atoms with van der Waals surface area (Å²) in [5.74, 6) is 2.57. The van der Waals surface area contributed by atoms with Gasteiger partial charge in [0.25, 0.3) is 0 Å². The van der Waals surface area contributed by atoms with Crippen molar-refractivity contribution in [1.82, 2.24) is 5.32 Å². The number of benzene rings is 1. The lowest BCUT2D eigenvalue weighted by atomic mass is 9.79. The molecule has 3 nitrogen and oxygen atoms in total. The molecular weight excluding hydrogens is 320 g/mol. The predicted octanol–water partition coefficient (Wildman–Crippen LogP) is 5.20. The van der Waals surface area contributed by atoms with Crippen molar-refractivity contribution in [2.24, 2.45) is 11.8 Å². The first-order chi connectivity index (χ1) is 12.5. The smallest absolute Gasteiger partial charge is 0.154 e. The van der Waals surface area contributed by atoms with Crippen molar-refractivity contribution < 1.29 is 4.74 Å². The van der Waals surface area contributed by atoms with Gasteiger partial charge >= 0.3 is 0 Å². The fraction of sp³-hybridized carbons (Fsp3) is 0.652. The lowest BCUT2D eigenvalue weighted by Gasteiger charge is -2.38. The van der Waals surface area contributed by atoms with E-state index in [2.05, 4.69) is 55.7 Å². The maximum absolute atomic E-state index is 5.69. The zero-order chi connectivity index (χ0) is 18.1. The Bertz CT molecular complexity index is 661. The number of nitrogens with one attached hydrogen (secondary N) is 2. The second-order valence-corrected chi connectivity index (χ2v) is 9.35. The van der Waals surface area contributed by atoms with E-state index in [0.29, 0.717) is 12.0 Å². The number of ether oxygens (including phenoxy) is 1. The molecule has 0 bridgehead atoms. The van der Waals surface area contributed by atoms with Crippen LogP contribution in [0.25, 0.3) is 0 Å². The van der Waals surface area contributed by atoms with E-state index >= 15 is 0 Å². The van der Waals surface area contributed by atoms with Crippen LogP contribution in [-0.4, -0.2) is 19.2 Å². The van der Waals surface area contributed by atoms with Crippen molar-refractivity contribution in [2.45, 2.75) is 70.8 Å². The molecule has 0 spiro atoms. The summed E-state index contributed by atoms with van der Waals surface area (Å²) in [6.45, 7) is 8.79. The molecule has 3 fully saturated rings. The third-order valence-electron chi connectivity index (χ3n) is 6.38. The van der Waals surface area contributed by atoms with Crippen LogP contribution < -0.4 is 10.6 Å². The van der Waals surface area contributed by atoms with E-state index in [0.717, 1.165) is 12.5 Å². The molecule has 0 radical (unpaired) electrons. The van der Waals surface area contributed by atoms with Crippen molar-refractivity contribution >= 4 is 5.69 Å². The molecule has 1 unspecified atom stereocenters. The topological polar surface area (TPSA) is 36.6 Å². The van der Waals surface area contributed by atoms with Crippen LogP contribution >= 0.6 is 0 Å². The van der Waals surface area contributed by atoms with Crippen LogP contribution in [0.4, 0.5) is 5.69 Å². The van der Waals surface area contributed by atoms with Crippen molar-refractivity contribution in [3.63, 3.8) is 0 Å². The zero-order valence-electron chi connectivity index (χ0n) is 16.6. The van der Waals surface area contributed by atoms with Crippen LogP contribution in [0, 0.1) is 11.8 Å². The first-order valence-electron chi connectivity index (χ1n) is 10.5. The van der Waals surface area contributed by atoms with E-state index in [1.54, 1.807) is 0 Å². The molecule has 2 N–H and O–H groups in total. The Morgan fingerprint density at radius 3 is 2.58 bits per heavy atom. The van der Waals surface area contributed by atoms with Gasteiger partial charge in [0.2, 0.25) is 0 Å². The summed E-state index contributed by atoms with van der Waals surface area (Å²) in [6.07, 6.45) is 8.10. The maximum atomic E-state index is 5.69. The number of anilines is 1. The highest BCUT2D eigenvalue weighted by Gasteiger charge is 2.38. The van der Waals surface area contributed by atoms with Crippen LogP contribution in [0.2, 0.25) is 0 Å². The molecule has 2 saturated heterocycles. The van der Waals surface area contributed by atoms with E-state index in [-0.39, 0.29) is 5.41 Å². The molecule has 1 aromatic rings. The van der Waals surface area contributed by atoms with Gasteiger partial charge in [-0.3, -0.25) is 0 Å². The van der Waals surface area contributed by atoms with Crippen LogP contribution in [0.1, 0.15) is 64.9 Å². The summed E-state index contributed by atoms with van der Waals surface area (Å²) in [7, 11) is 0. The normalized spacial score (nSPS) is 28.6. The van der Waals surface area contributed by atoms with Gasteiger partial charge in [0.1, 0.15) is 6.61 Å². The van der Waals surface area contributed by atoms with Crippen molar-refractivity contribution in [3.05, 3.63) is 41.3 Å². The van der Waals surface area contributed by atoms with Crippen molar-refractivity contribution in [3.8, 4) is 0 Å². The standard InChI is InChI=1S/C23H34N2O/c1-23(2,3)17-10-6-11-18(14-17)25-22(20-15-26-20)19-12-7-13-24-21(19)16-8-4-5-9-16/h6,10-11,14,16,19,21,24-25H,4-5,7-9,12-13,15H2,1-3H3/b22-20+/t19?,21-/m0/s1. The Morgan fingerprint density at radius 1 is 1.12 bits per heavy atom. The molecule has 4 rings (SSSR count). The fourth-order valence-corrected chi connectivity index (χ4v) is 4.83. The number of hydrogen-bond acceptors (Lipinski definition) is 3. The van der Waals surface area contributed by atoms with Gasteiger partial charge in [0.05, 0.1) is 5.70 Å². The largest absolute Gasteiger partial charge is 0.484 e. The molecule has 1 saturated carbocycles. The average Bonchev–Trinajstić information content (AvgIpc) is 3.33. The van der Waals surface area contributed by atoms with E-state index in [9.17, 15) is 0 Å². The minimum Gasteiger partial charge on any atom is -0.484 e. The Kier molecular flexibility index (Phi) is 5.00. The summed E-state index contributed by atoms with van der Waals surface area (Å²) in [5.41, 5.74) is 4.09. The van der Waals surface area contributed by atoms with Gasteiger partial charge < -0.3 is 15.4 Å². The third kappa shape index (κ3) is 3.93. The number of rotatable bonds is 4. The quantitative estimate of drug-likeness (QED) is 0.730. The first-order valence-corrected chi connectivity index (χ1v) is 10.5. The van der Waals surface area contributed by atoms with Crippen LogP contribution in [0.3, 0.4) is 0 Å². The third-order valence-corrected chi connectivity index (χ3v) is 6.38. The second-order valence-electron chi connectivity index (χ2n) is 9.35. The molecule has 2 aliphatic heterocycles. The first kappa shape index (κ1) is 17.9. The summed E-state index contributed by atoms with van der Waals surface area (Å²) in [5, 5.41) is 7.66. The van der Waals surface area contributed by atoms with Gasteiger partial charge in [-0.15, -0.1) is 0 Å². The van der Waals surface area contributed by atoms with Gasteiger partial charge in [0, 0.05) is 17.6 Å². The van der Waals surface area contributed by atoms with Crippen LogP contribution in [-0.2, 0) is 10.2 Å². The Hall–Kier alpha value is -1.48. The molecule has 2 atom stereocenters. The van der Waals surface area contributed by atoms with Gasteiger partial charge in [-0.2, -0.15) is 0 Å². The van der Waals surface area contributed by atoms with E-state index in [4.69, 9.17) is 4.74 Å². The molecule has 142 valence electrons. The number of epoxide rings is 1. The van der Waals surface area contributed by atoms with Gasteiger partial charge in [-0.1, -0.05) is 45.7 Å². The lowest BCUT2D eigenvalue weighted by Crippen LogP contribution is -2.47. The molecule has 1 aromatic carbocycles. The molecule has 1 aliphatic carbocycles. The van der Waals surface area contributed by atoms with E-state index < -0.39 is 0 Å². The highest BCUT2D eigenvalue weighted by molar-refractivity contribution is 5.53.